The molecule has 1 aromatic rings. The maximum absolute atomic E-state index is 10.3. The summed E-state index contributed by atoms with van der Waals surface area (Å²) in [7, 11) is 0. The van der Waals surface area contributed by atoms with E-state index in [1.165, 1.54) is 0 Å². The Morgan fingerprint density at radius 3 is 2.75 bits per heavy atom. The topological polar surface area (TPSA) is 63.3 Å². The van der Waals surface area contributed by atoms with Gasteiger partial charge in [-0.1, -0.05) is 17.7 Å². The maximum Gasteiger partial charge on any atom is 0.307 e. The molecular weight excluding hydrogens is 178 g/mol. The molecule has 64 valence electrons. The summed E-state index contributed by atoms with van der Waals surface area (Å²) in [6, 6.07) is 4.80. The van der Waals surface area contributed by atoms with Crippen LogP contribution in [0.25, 0.3) is 0 Å². The molecule has 1 rings (SSSR count). The molecule has 4 heteroatoms. The number of nitrogens with two attached hydrogens (primary N) is 1. The van der Waals surface area contributed by atoms with Crippen LogP contribution in [0, 0.1) is 0 Å². The molecule has 12 heavy (non-hydrogen) atoms. The minimum atomic E-state index is -0.878. The molecule has 0 bridgehead atoms. The number of benzene rings is 1. The molecule has 3 nitrogen and oxygen atoms in total. The van der Waals surface area contributed by atoms with Crippen LogP contribution in [0.4, 0.5) is 5.69 Å². The van der Waals surface area contributed by atoms with Gasteiger partial charge in [-0.05, 0) is 17.7 Å². The van der Waals surface area contributed by atoms with Crippen molar-refractivity contribution in [2.45, 2.75) is 6.42 Å². The lowest BCUT2D eigenvalue weighted by atomic mass is 10.1. The Hall–Kier alpha value is -1.22. The molecule has 3 N–H and O–H groups in total. The van der Waals surface area contributed by atoms with Gasteiger partial charge < -0.3 is 10.8 Å². The van der Waals surface area contributed by atoms with Gasteiger partial charge in [0.05, 0.1) is 17.1 Å². The van der Waals surface area contributed by atoms with Gasteiger partial charge in [-0.25, -0.2) is 0 Å². The molecule has 0 aliphatic heterocycles. The van der Waals surface area contributed by atoms with Crippen molar-refractivity contribution < 1.29 is 9.90 Å². The summed E-state index contributed by atoms with van der Waals surface area (Å²) in [6.07, 6.45) is -0.0264. The SMILES string of the molecule is Nc1cc(CC(=O)O)ccc1Cl. The van der Waals surface area contributed by atoms with Crippen molar-refractivity contribution in [1.82, 2.24) is 0 Å². The number of carbonyl (C=O) groups is 1. The van der Waals surface area contributed by atoms with Gasteiger partial charge in [0.1, 0.15) is 0 Å². The summed E-state index contributed by atoms with van der Waals surface area (Å²) < 4.78 is 0. The lowest BCUT2D eigenvalue weighted by molar-refractivity contribution is -0.136. The van der Waals surface area contributed by atoms with E-state index in [-0.39, 0.29) is 6.42 Å². The van der Waals surface area contributed by atoms with Gasteiger partial charge in [0.25, 0.3) is 0 Å². The van der Waals surface area contributed by atoms with Crippen molar-refractivity contribution in [1.29, 1.82) is 0 Å². The largest absolute Gasteiger partial charge is 0.481 e. The minimum absolute atomic E-state index is 0.0264. The van der Waals surface area contributed by atoms with Crippen LogP contribution in [0.15, 0.2) is 18.2 Å². The third-order valence-corrected chi connectivity index (χ3v) is 1.76. The second-order valence-electron chi connectivity index (χ2n) is 2.43. The number of nitrogen functional groups attached to an aromatic ring is 1. The van der Waals surface area contributed by atoms with E-state index in [0.717, 1.165) is 0 Å². The van der Waals surface area contributed by atoms with Gasteiger partial charge >= 0.3 is 5.97 Å². The maximum atomic E-state index is 10.3. The predicted molar refractivity (Wildman–Crippen MR) is 47.2 cm³/mol. The van der Waals surface area contributed by atoms with Gasteiger partial charge in [0.15, 0.2) is 0 Å². The van der Waals surface area contributed by atoms with Crippen molar-refractivity contribution in [3.05, 3.63) is 28.8 Å². The summed E-state index contributed by atoms with van der Waals surface area (Å²) in [6.45, 7) is 0. The second kappa shape index (κ2) is 3.45. The van der Waals surface area contributed by atoms with Gasteiger partial charge in [-0.15, -0.1) is 0 Å². The molecule has 0 spiro atoms. The Morgan fingerprint density at radius 1 is 1.58 bits per heavy atom. The molecule has 0 aliphatic rings. The van der Waals surface area contributed by atoms with Crippen LogP contribution in [0.2, 0.25) is 5.02 Å². The summed E-state index contributed by atoms with van der Waals surface area (Å²) in [5.41, 5.74) is 6.54. The first-order valence-electron chi connectivity index (χ1n) is 3.35. The highest BCUT2D eigenvalue weighted by molar-refractivity contribution is 6.33. The summed E-state index contributed by atoms with van der Waals surface area (Å²) in [4.78, 5) is 10.3. The van der Waals surface area contributed by atoms with E-state index in [9.17, 15) is 4.79 Å². The molecule has 0 radical (unpaired) electrons. The minimum Gasteiger partial charge on any atom is -0.481 e. The molecule has 0 atom stereocenters. The molecule has 1 aromatic carbocycles. The monoisotopic (exact) mass is 185 g/mol. The Kier molecular flexibility index (Phi) is 2.55. The molecule has 0 aromatic heterocycles. The van der Waals surface area contributed by atoms with E-state index < -0.39 is 5.97 Å². The van der Waals surface area contributed by atoms with E-state index in [1.807, 2.05) is 0 Å². The normalized spacial score (nSPS) is 9.75. The third kappa shape index (κ3) is 2.13. The highest BCUT2D eigenvalue weighted by Gasteiger charge is 2.02. The van der Waals surface area contributed by atoms with E-state index in [4.69, 9.17) is 22.4 Å². The number of hydrogen-bond donors (Lipinski definition) is 2. The molecule has 0 amide bonds. The van der Waals surface area contributed by atoms with Crippen LogP contribution in [-0.2, 0) is 11.2 Å². The van der Waals surface area contributed by atoms with E-state index in [0.29, 0.717) is 16.3 Å². The van der Waals surface area contributed by atoms with Crippen LogP contribution in [-0.4, -0.2) is 11.1 Å². The number of carboxylic acid groups (broad SMARTS) is 1. The van der Waals surface area contributed by atoms with Crippen molar-refractivity contribution >= 4 is 23.3 Å². The Morgan fingerprint density at radius 2 is 2.25 bits per heavy atom. The summed E-state index contributed by atoms with van der Waals surface area (Å²) >= 11 is 5.64. The Balaban J connectivity index is 2.89. The number of hydrogen-bond acceptors (Lipinski definition) is 2. The quantitative estimate of drug-likeness (QED) is 0.688. The van der Waals surface area contributed by atoms with E-state index in [2.05, 4.69) is 0 Å². The number of halogens is 1. The van der Waals surface area contributed by atoms with Crippen molar-refractivity contribution in [3.8, 4) is 0 Å². The van der Waals surface area contributed by atoms with Crippen LogP contribution in [0.1, 0.15) is 5.56 Å². The van der Waals surface area contributed by atoms with Crippen LogP contribution >= 0.6 is 11.6 Å². The lowest BCUT2D eigenvalue weighted by Gasteiger charge is -2.00. The highest BCUT2D eigenvalue weighted by Crippen LogP contribution is 2.19. The Labute approximate surface area is 74.8 Å². The average Bonchev–Trinajstić information content (AvgIpc) is 1.96. The first-order valence-corrected chi connectivity index (χ1v) is 3.73. The number of carboxylic acids is 1. The van der Waals surface area contributed by atoms with E-state index in [1.54, 1.807) is 18.2 Å². The second-order valence-corrected chi connectivity index (χ2v) is 2.83. The fraction of sp³-hybridized carbons (Fsp3) is 0.125. The molecule has 0 saturated carbocycles. The highest BCUT2D eigenvalue weighted by atomic mass is 35.5. The predicted octanol–water partition coefficient (Wildman–Crippen LogP) is 1.55. The van der Waals surface area contributed by atoms with Crippen LogP contribution in [0.3, 0.4) is 0 Å². The zero-order chi connectivity index (χ0) is 9.14. The number of rotatable bonds is 2. The fourth-order valence-corrected chi connectivity index (χ4v) is 0.995. The van der Waals surface area contributed by atoms with Gasteiger partial charge in [-0.2, -0.15) is 0 Å². The van der Waals surface area contributed by atoms with Gasteiger partial charge in [-0.3, -0.25) is 4.79 Å². The van der Waals surface area contributed by atoms with Crippen molar-refractivity contribution in [2.24, 2.45) is 0 Å². The van der Waals surface area contributed by atoms with Crippen molar-refractivity contribution in [3.63, 3.8) is 0 Å². The average molecular weight is 186 g/mol. The molecule has 0 fully saturated rings. The van der Waals surface area contributed by atoms with Crippen LogP contribution in [0.5, 0.6) is 0 Å². The molecular formula is C8H8ClNO2. The standard InChI is InChI=1S/C8H8ClNO2/c9-6-2-1-5(3-7(6)10)4-8(11)12/h1-3H,4,10H2,(H,11,12). The molecule has 0 aliphatic carbocycles. The molecule has 0 unspecified atom stereocenters. The first-order chi connectivity index (χ1) is 5.59. The van der Waals surface area contributed by atoms with Crippen LogP contribution < -0.4 is 5.73 Å². The fourth-order valence-electron chi connectivity index (χ4n) is 0.878. The first kappa shape index (κ1) is 8.87. The summed E-state index contributed by atoms with van der Waals surface area (Å²) in [5.74, 6) is -0.878. The lowest BCUT2D eigenvalue weighted by Crippen LogP contribution is -2.00. The van der Waals surface area contributed by atoms with Crippen molar-refractivity contribution in [2.75, 3.05) is 5.73 Å². The Bertz CT molecular complexity index is 312. The zero-order valence-electron chi connectivity index (χ0n) is 6.25. The zero-order valence-corrected chi connectivity index (χ0v) is 7.01. The third-order valence-electron chi connectivity index (χ3n) is 1.42. The molecule has 0 saturated heterocycles. The van der Waals surface area contributed by atoms with E-state index >= 15 is 0 Å². The van der Waals surface area contributed by atoms with Gasteiger partial charge in [0, 0.05) is 0 Å². The smallest absolute Gasteiger partial charge is 0.307 e. The molecule has 0 heterocycles. The van der Waals surface area contributed by atoms with Gasteiger partial charge in [0.2, 0.25) is 0 Å². The number of anilines is 1. The summed E-state index contributed by atoms with van der Waals surface area (Å²) in [5, 5.41) is 8.90. The number of aliphatic carboxylic acids is 1.